The summed E-state index contributed by atoms with van der Waals surface area (Å²) in [5, 5.41) is 5.57. The number of likely N-dealkylation sites (N-methyl/N-ethyl adjacent to an activating group) is 1. The molecule has 0 spiro atoms. The first kappa shape index (κ1) is 10.1. The summed E-state index contributed by atoms with van der Waals surface area (Å²) < 4.78 is 0. The zero-order valence-electron chi connectivity index (χ0n) is 7.70. The summed E-state index contributed by atoms with van der Waals surface area (Å²) in [7, 11) is 0. The molecule has 0 fully saturated rings. The monoisotopic (exact) mass is 199 g/mol. The topological polar surface area (TPSA) is 68.0 Å². The highest BCUT2D eigenvalue weighted by Crippen LogP contribution is 2.21. The fourth-order valence-corrected chi connectivity index (χ4v) is 1.87. The highest BCUT2D eigenvalue weighted by Gasteiger charge is 2.34. The molecule has 1 aromatic rings. The molecule has 72 valence electrons. The Labute approximate surface area is 81.2 Å². The third-order valence-corrected chi connectivity index (χ3v) is 2.88. The molecule has 0 saturated heterocycles. The second kappa shape index (κ2) is 3.85. The molecule has 0 aliphatic rings. The van der Waals surface area contributed by atoms with E-state index in [9.17, 15) is 4.79 Å². The molecule has 1 atom stereocenters. The average molecular weight is 199 g/mol. The molecular weight excluding hydrogens is 186 g/mol. The molecule has 1 unspecified atom stereocenters. The van der Waals surface area contributed by atoms with Crippen LogP contribution in [0.2, 0.25) is 0 Å². The SMILES string of the molecule is CCNC(C)(C(N)=O)c1nccs1. The van der Waals surface area contributed by atoms with E-state index in [0.29, 0.717) is 11.6 Å². The minimum Gasteiger partial charge on any atom is -0.368 e. The maximum atomic E-state index is 11.2. The number of hydrogen-bond donors (Lipinski definition) is 2. The van der Waals surface area contributed by atoms with Crippen molar-refractivity contribution in [3.8, 4) is 0 Å². The van der Waals surface area contributed by atoms with Gasteiger partial charge in [-0.25, -0.2) is 4.98 Å². The van der Waals surface area contributed by atoms with Crippen LogP contribution in [0.3, 0.4) is 0 Å². The van der Waals surface area contributed by atoms with Gasteiger partial charge in [0.25, 0.3) is 0 Å². The van der Waals surface area contributed by atoms with Crippen molar-refractivity contribution < 1.29 is 4.79 Å². The Hall–Kier alpha value is -0.940. The van der Waals surface area contributed by atoms with Gasteiger partial charge in [-0.3, -0.25) is 10.1 Å². The van der Waals surface area contributed by atoms with Gasteiger partial charge in [-0.2, -0.15) is 0 Å². The number of thiazole rings is 1. The quantitative estimate of drug-likeness (QED) is 0.740. The summed E-state index contributed by atoms with van der Waals surface area (Å²) in [5.41, 5.74) is 4.48. The second-order valence-corrected chi connectivity index (χ2v) is 3.75. The van der Waals surface area contributed by atoms with Crippen molar-refractivity contribution in [2.24, 2.45) is 5.73 Å². The van der Waals surface area contributed by atoms with Crippen LogP contribution in [0.25, 0.3) is 0 Å². The molecule has 0 radical (unpaired) electrons. The number of nitrogens with one attached hydrogen (secondary N) is 1. The summed E-state index contributed by atoms with van der Waals surface area (Å²) >= 11 is 1.42. The van der Waals surface area contributed by atoms with Gasteiger partial charge in [-0.1, -0.05) is 6.92 Å². The Balaban J connectivity index is 2.98. The molecule has 5 heteroatoms. The maximum Gasteiger partial charge on any atom is 0.244 e. The Morgan fingerprint density at radius 1 is 1.85 bits per heavy atom. The Kier molecular flexibility index (Phi) is 3.00. The second-order valence-electron chi connectivity index (χ2n) is 2.86. The van der Waals surface area contributed by atoms with Crippen molar-refractivity contribution in [2.75, 3.05) is 6.54 Å². The summed E-state index contributed by atoms with van der Waals surface area (Å²) in [6.45, 7) is 4.35. The van der Waals surface area contributed by atoms with Gasteiger partial charge >= 0.3 is 0 Å². The fourth-order valence-electron chi connectivity index (χ4n) is 1.09. The van der Waals surface area contributed by atoms with Crippen molar-refractivity contribution in [3.05, 3.63) is 16.6 Å². The molecule has 0 bridgehead atoms. The van der Waals surface area contributed by atoms with Gasteiger partial charge in [0.15, 0.2) is 0 Å². The number of aromatic nitrogens is 1. The van der Waals surface area contributed by atoms with Gasteiger partial charge in [-0.15, -0.1) is 11.3 Å². The molecule has 3 N–H and O–H groups in total. The Morgan fingerprint density at radius 3 is 2.92 bits per heavy atom. The number of primary amides is 1. The van der Waals surface area contributed by atoms with Crippen molar-refractivity contribution in [1.29, 1.82) is 0 Å². The number of rotatable bonds is 4. The van der Waals surface area contributed by atoms with Crippen LogP contribution in [0, 0.1) is 0 Å². The predicted octanol–water partition coefficient (Wildman–Crippen LogP) is 0.453. The molecule has 1 aromatic heterocycles. The molecule has 1 heterocycles. The number of carbonyl (C=O) groups is 1. The van der Waals surface area contributed by atoms with Crippen LogP contribution in [0.5, 0.6) is 0 Å². The lowest BCUT2D eigenvalue weighted by molar-refractivity contribution is -0.124. The van der Waals surface area contributed by atoms with Gasteiger partial charge in [0, 0.05) is 11.6 Å². The van der Waals surface area contributed by atoms with Gasteiger partial charge in [0.2, 0.25) is 5.91 Å². The van der Waals surface area contributed by atoms with Crippen LogP contribution in [0.4, 0.5) is 0 Å². The van der Waals surface area contributed by atoms with E-state index in [0.717, 1.165) is 0 Å². The van der Waals surface area contributed by atoms with Crippen LogP contribution in [0.1, 0.15) is 18.9 Å². The van der Waals surface area contributed by atoms with Gasteiger partial charge in [0.1, 0.15) is 10.5 Å². The Morgan fingerprint density at radius 2 is 2.54 bits per heavy atom. The number of hydrogen-bond acceptors (Lipinski definition) is 4. The van der Waals surface area contributed by atoms with Gasteiger partial charge in [0.05, 0.1) is 0 Å². The van der Waals surface area contributed by atoms with Crippen molar-refractivity contribution >= 4 is 17.2 Å². The number of nitrogens with two attached hydrogens (primary N) is 1. The third-order valence-electron chi connectivity index (χ3n) is 1.88. The first-order valence-electron chi connectivity index (χ1n) is 4.06. The largest absolute Gasteiger partial charge is 0.368 e. The van der Waals surface area contributed by atoms with Gasteiger partial charge < -0.3 is 5.73 Å². The minimum absolute atomic E-state index is 0.399. The molecule has 13 heavy (non-hydrogen) atoms. The number of carbonyl (C=O) groups excluding carboxylic acids is 1. The van der Waals surface area contributed by atoms with E-state index < -0.39 is 11.4 Å². The molecule has 0 aliphatic carbocycles. The van der Waals surface area contributed by atoms with Crippen molar-refractivity contribution in [2.45, 2.75) is 19.4 Å². The molecule has 4 nitrogen and oxygen atoms in total. The molecule has 1 amide bonds. The smallest absolute Gasteiger partial charge is 0.244 e. The first-order valence-corrected chi connectivity index (χ1v) is 4.94. The molecule has 1 rings (SSSR count). The van der Waals surface area contributed by atoms with E-state index in [1.807, 2.05) is 12.3 Å². The maximum absolute atomic E-state index is 11.2. The van der Waals surface area contributed by atoms with Crippen LogP contribution in [-0.4, -0.2) is 17.4 Å². The standard InChI is InChI=1S/C8H13N3OS/c1-3-11-8(2,6(9)12)7-10-4-5-13-7/h4-5,11H,3H2,1-2H3,(H2,9,12). The molecule has 0 saturated carbocycles. The van der Waals surface area contributed by atoms with Gasteiger partial charge in [-0.05, 0) is 13.5 Å². The van der Waals surface area contributed by atoms with Crippen LogP contribution >= 0.6 is 11.3 Å². The van der Waals surface area contributed by atoms with Crippen LogP contribution in [-0.2, 0) is 10.3 Å². The van der Waals surface area contributed by atoms with E-state index in [2.05, 4.69) is 10.3 Å². The van der Waals surface area contributed by atoms with Crippen molar-refractivity contribution in [1.82, 2.24) is 10.3 Å². The highest BCUT2D eigenvalue weighted by molar-refractivity contribution is 7.09. The minimum atomic E-state index is -0.830. The number of amides is 1. The zero-order valence-corrected chi connectivity index (χ0v) is 8.52. The first-order chi connectivity index (χ1) is 6.11. The summed E-state index contributed by atoms with van der Waals surface area (Å²) in [4.78, 5) is 15.3. The molecule has 0 aliphatic heterocycles. The summed E-state index contributed by atoms with van der Waals surface area (Å²) in [6, 6.07) is 0. The van der Waals surface area contributed by atoms with E-state index in [1.165, 1.54) is 11.3 Å². The third kappa shape index (κ3) is 1.87. The van der Waals surface area contributed by atoms with E-state index >= 15 is 0 Å². The van der Waals surface area contributed by atoms with Crippen LogP contribution in [0.15, 0.2) is 11.6 Å². The normalized spacial score (nSPS) is 15.2. The lowest BCUT2D eigenvalue weighted by atomic mass is 10.0. The lowest BCUT2D eigenvalue weighted by Gasteiger charge is -2.24. The van der Waals surface area contributed by atoms with E-state index in [1.54, 1.807) is 13.1 Å². The summed E-state index contributed by atoms with van der Waals surface area (Å²) in [5.74, 6) is -0.399. The van der Waals surface area contributed by atoms with Crippen molar-refractivity contribution in [3.63, 3.8) is 0 Å². The zero-order chi connectivity index (χ0) is 9.90. The highest BCUT2D eigenvalue weighted by atomic mass is 32.1. The predicted molar refractivity (Wildman–Crippen MR) is 52.3 cm³/mol. The summed E-state index contributed by atoms with van der Waals surface area (Å²) in [6.07, 6.45) is 1.67. The van der Waals surface area contributed by atoms with E-state index in [-0.39, 0.29) is 0 Å². The Bertz CT molecular complexity index is 286. The lowest BCUT2D eigenvalue weighted by Crippen LogP contribution is -2.50. The fraction of sp³-hybridized carbons (Fsp3) is 0.500. The molecule has 0 aromatic carbocycles. The molecular formula is C8H13N3OS. The van der Waals surface area contributed by atoms with E-state index in [4.69, 9.17) is 5.73 Å². The number of nitrogens with zero attached hydrogens (tertiary/aromatic N) is 1. The average Bonchev–Trinajstić information content (AvgIpc) is 2.56. The van der Waals surface area contributed by atoms with Crippen LogP contribution < -0.4 is 11.1 Å².